The van der Waals surface area contributed by atoms with E-state index < -0.39 is 6.10 Å². The van der Waals surface area contributed by atoms with E-state index in [-0.39, 0.29) is 12.5 Å². The fourth-order valence-corrected chi connectivity index (χ4v) is 2.67. The maximum Gasteiger partial charge on any atom is 0.252 e. The zero-order valence-electron chi connectivity index (χ0n) is 12.1. The molecule has 6 heteroatoms. The number of carbonyl (C=O) groups is 1. The fraction of sp³-hybridized carbons (Fsp3) is 0.375. The molecule has 22 heavy (non-hydrogen) atoms. The van der Waals surface area contributed by atoms with E-state index in [9.17, 15) is 9.90 Å². The van der Waals surface area contributed by atoms with Gasteiger partial charge in [0.1, 0.15) is 0 Å². The van der Waals surface area contributed by atoms with Gasteiger partial charge in [0.15, 0.2) is 0 Å². The molecule has 2 aromatic rings. The molecule has 1 amide bonds. The van der Waals surface area contributed by atoms with E-state index in [1.165, 1.54) is 30.4 Å². The second-order valence-electron chi connectivity index (χ2n) is 5.42. The van der Waals surface area contributed by atoms with Crippen LogP contribution >= 0.6 is 11.3 Å². The maximum absolute atomic E-state index is 12.0. The molecule has 0 bridgehead atoms. The Hall–Kier alpha value is -1.92. The average Bonchev–Trinajstić information content (AvgIpc) is 3.22. The first-order chi connectivity index (χ1) is 10.7. The van der Waals surface area contributed by atoms with Crippen molar-refractivity contribution in [1.29, 1.82) is 0 Å². The third-order valence-corrected chi connectivity index (χ3v) is 4.25. The SMILES string of the molecule is O=C(NCC(O)c1ccsc1)c1ccc(OCC2CC2)nc1. The van der Waals surface area contributed by atoms with Crippen LogP contribution in [0.4, 0.5) is 0 Å². The number of aliphatic hydroxyl groups is 1. The predicted molar refractivity (Wildman–Crippen MR) is 84.1 cm³/mol. The summed E-state index contributed by atoms with van der Waals surface area (Å²) in [7, 11) is 0. The van der Waals surface area contributed by atoms with Crippen molar-refractivity contribution in [3.05, 3.63) is 46.3 Å². The molecule has 0 aliphatic heterocycles. The van der Waals surface area contributed by atoms with E-state index in [0.29, 0.717) is 24.0 Å². The highest BCUT2D eigenvalue weighted by Crippen LogP contribution is 2.29. The molecule has 0 radical (unpaired) electrons. The minimum absolute atomic E-state index is 0.176. The van der Waals surface area contributed by atoms with Crippen LogP contribution in [0.1, 0.15) is 34.9 Å². The molecule has 1 unspecified atom stereocenters. The summed E-state index contributed by atoms with van der Waals surface area (Å²) < 4.78 is 5.53. The monoisotopic (exact) mass is 318 g/mol. The van der Waals surface area contributed by atoms with Gasteiger partial charge in [-0.3, -0.25) is 4.79 Å². The average molecular weight is 318 g/mol. The molecule has 116 valence electrons. The van der Waals surface area contributed by atoms with Gasteiger partial charge in [0.05, 0.1) is 18.3 Å². The number of thiophene rings is 1. The Labute approximate surface area is 133 Å². The summed E-state index contributed by atoms with van der Waals surface area (Å²) >= 11 is 1.51. The number of aromatic nitrogens is 1. The summed E-state index contributed by atoms with van der Waals surface area (Å²) in [5.74, 6) is 0.959. The van der Waals surface area contributed by atoms with Gasteiger partial charge < -0.3 is 15.2 Å². The number of hydrogen-bond acceptors (Lipinski definition) is 5. The molecular weight excluding hydrogens is 300 g/mol. The van der Waals surface area contributed by atoms with Crippen LogP contribution in [0.3, 0.4) is 0 Å². The normalized spacial score (nSPS) is 15.3. The van der Waals surface area contributed by atoms with Crippen molar-refractivity contribution in [1.82, 2.24) is 10.3 Å². The number of rotatable bonds is 7. The molecule has 2 heterocycles. The van der Waals surface area contributed by atoms with Gasteiger partial charge >= 0.3 is 0 Å². The molecule has 2 N–H and O–H groups in total. The van der Waals surface area contributed by atoms with E-state index in [2.05, 4.69) is 10.3 Å². The predicted octanol–water partition coefficient (Wildman–Crippen LogP) is 2.40. The van der Waals surface area contributed by atoms with Crippen molar-refractivity contribution >= 4 is 17.2 Å². The molecule has 1 aliphatic rings. The van der Waals surface area contributed by atoms with Gasteiger partial charge in [0.25, 0.3) is 5.91 Å². The Morgan fingerprint density at radius 3 is 2.95 bits per heavy atom. The number of aliphatic hydroxyl groups excluding tert-OH is 1. The van der Waals surface area contributed by atoms with Crippen LogP contribution in [0.15, 0.2) is 35.2 Å². The summed E-state index contributed by atoms with van der Waals surface area (Å²) in [5.41, 5.74) is 1.27. The Balaban J connectivity index is 1.48. The number of nitrogens with zero attached hydrogens (tertiary/aromatic N) is 1. The van der Waals surface area contributed by atoms with Crippen molar-refractivity contribution in [2.24, 2.45) is 5.92 Å². The molecule has 0 spiro atoms. The molecular formula is C16H18N2O3S. The Kier molecular flexibility index (Phi) is 4.70. The Morgan fingerprint density at radius 1 is 1.45 bits per heavy atom. The van der Waals surface area contributed by atoms with Crippen LogP contribution < -0.4 is 10.1 Å². The van der Waals surface area contributed by atoms with Crippen LogP contribution in [-0.2, 0) is 0 Å². The minimum atomic E-state index is -0.690. The second kappa shape index (κ2) is 6.89. The van der Waals surface area contributed by atoms with E-state index in [4.69, 9.17) is 4.74 Å². The van der Waals surface area contributed by atoms with Gasteiger partial charge in [0.2, 0.25) is 5.88 Å². The van der Waals surface area contributed by atoms with Gasteiger partial charge in [-0.1, -0.05) is 0 Å². The summed E-state index contributed by atoms with van der Waals surface area (Å²) in [5, 5.41) is 16.4. The molecule has 0 aromatic carbocycles. The third-order valence-electron chi connectivity index (χ3n) is 3.55. The summed E-state index contributed by atoms with van der Waals surface area (Å²) in [6.45, 7) is 0.876. The third kappa shape index (κ3) is 4.05. The highest BCUT2D eigenvalue weighted by atomic mass is 32.1. The topological polar surface area (TPSA) is 71.5 Å². The largest absolute Gasteiger partial charge is 0.477 e. The molecule has 5 nitrogen and oxygen atoms in total. The smallest absolute Gasteiger partial charge is 0.252 e. The van der Waals surface area contributed by atoms with E-state index in [1.807, 2.05) is 16.8 Å². The number of ether oxygens (including phenoxy) is 1. The van der Waals surface area contributed by atoms with Crippen LogP contribution in [0.2, 0.25) is 0 Å². The first-order valence-electron chi connectivity index (χ1n) is 7.29. The van der Waals surface area contributed by atoms with Gasteiger partial charge in [-0.15, -0.1) is 0 Å². The molecule has 1 atom stereocenters. The van der Waals surface area contributed by atoms with Gasteiger partial charge in [-0.2, -0.15) is 11.3 Å². The van der Waals surface area contributed by atoms with Crippen molar-refractivity contribution in [3.63, 3.8) is 0 Å². The van der Waals surface area contributed by atoms with Gasteiger partial charge in [-0.25, -0.2) is 4.98 Å². The van der Waals surface area contributed by atoms with Crippen molar-refractivity contribution < 1.29 is 14.6 Å². The van der Waals surface area contributed by atoms with Crippen molar-refractivity contribution in [2.45, 2.75) is 18.9 Å². The van der Waals surface area contributed by atoms with Crippen LogP contribution in [0.5, 0.6) is 5.88 Å². The molecule has 1 fully saturated rings. The molecule has 1 saturated carbocycles. The summed E-state index contributed by atoms with van der Waals surface area (Å²) in [6, 6.07) is 5.23. The van der Waals surface area contributed by atoms with E-state index in [0.717, 1.165) is 5.56 Å². The van der Waals surface area contributed by atoms with E-state index in [1.54, 1.807) is 12.1 Å². The second-order valence-corrected chi connectivity index (χ2v) is 6.20. The zero-order valence-corrected chi connectivity index (χ0v) is 12.9. The van der Waals surface area contributed by atoms with Crippen LogP contribution in [-0.4, -0.2) is 29.1 Å². The molecule has 0 saturated heterocycles. The molecule has 1 aliphatic carbocycles. The van der Waals surface area contributed by atoms with Crippen molar-refractivity contribution in [2.75, 3.05) is 13.2 Å². The maximum atomic E-state index is 12.0. The van der Waals surface area contributed by atoms with Crippen molar-refractivity contribution in [3.8, 4) is 5.88 Å². The zero-order chi connectivity index (χ0) is 15.4. The number of pyridine rings is 1. The summed E-state index contributed by atoms with van der Waals surface area (Å²) in [4.78, 5) is 16.1. The number of amides is 1. The highest BCUT2D eigenvalue weighted by Gasteiger charge is 2.22. The fourth-order valence-electron chi connectivity index (χ4n) is 1.96. The Morgan fingerprint density at radius 2 is 2.32 bits per heavy atom. The minimum Gasteiger partial charge on any atom is -0.477 e. The number of nitrogens with one attached hydrogen (secondary N) is 1. The molecule has 3 rings (SSSR count). The standard InChI is InChI=1S/C16H18N2O3S/c19-14(13-5-6-22-10-13)8-18-16(20)12-3-4-15(17-7-12)21-9-11-1-2-11/h3-7,10-11,14,19H,1-2,8-9H2,(H,18,20). The quantitative estimate of drug-likeness (QED) is 0.822. The first kappa shape index (κ1) is 15.0. The van der Waals surface area contributed by atoms with Crippen LogP contribution in [0.25, 0.3) is 0 Å². The molecule has 2 aromatic heterocycles. The van der Waals surface area contributed by atoms with Gasteiger partial charge in [-0.05, 0) is 47.2 Å². The Bertz CT molecular complexity index is 609. The number of carbonyl (C=O) groups excluding carboxylic acids is 1. The highest BCUT2D eigenvalue weighted by molar-refractivity contribution is 7.07. The van der Waals surface area contributed by atoms with Crippen LogP contribution in [0, 0.1) is 5.92 Å². The summed E-state index contributed by atoms with van der Waals surface area (Å²) in [6.07, 6.45) is 3.26. The van der Waals surface area contributed by atoms with E-state index >= 15 is 0 Å². The lowest BCUT2D eigenvalue weighted by Gasteiger charge is -2.10. The first-order valence-corrected chi connectivity index (χ1v) is 8.24. The lowest BCUT2D eigenvalue weighted by molar-refractivity contribution is 0.0916. The number of hydrogen-bond donors (Lipinski definition) is 2. The van der Waals surface area contributed by atoms with Gasteiger partial charge in [0, 0.05) is 18.8 Å². The lowest BCUT2D eigenvalue weighted by Crippen LogP contribution is -2.28. The lowest BCUT2D eigenvalue weighted by atomic mass is 10.2.